The van der Waals surface area contributed by atoms with Gasteiger partial charge in [-0.15, -0.1) is 0 Å². The highest BCUT2D eigenvalue weighted by Gasteiger charge is 2.10. The highest BCUT2D eigenvalue weighted by Crippen LogP contribution is 2.22. The average molecular weight is 333 g/mol. The van der Waals surface area contributed by atoms with E-state index in [0.717, 1.165) is 47.0 Å². The molecule has 0 unspecified atom stereocenters. The second kappa shape index (κ2) is 6.65. The molecule has 2 aromatic carbocycles. The lowest BCUT2D eigenvalue weighted by Crippen LogP contribution is -2.22. The third-order valence-corrected chi connectivity index (χ3v) is 4.62. The SMILES string of the molecule is CCN(Cc1cnc2ccccc2c1)Cc1c[nH]c2ccc(F)cc12. The number of aromatic amines is 1. The third-order valence-electron chi connectivity index (χ3n) is 4.62. The molecule has 0 spiro atoms. The Hall–Kier alpha value is -2.72. The predicted octanol–water partition coefficient (Wildman–Crippen LogP) is 4.88. The van der Waals surface area contributed by atoms with E-state index >= 15 is 0 Å². The van der Waals surface area contributed by atoms with Gasteiger partial charge in [0.05, 0.1) is 5.52 Å². The maximum Gasteiger partial charge on any atom is 0.123 e. The molecule has 0 aliphatic carbocycles. The van der Waals surface area contributed by atoms with E-state index in [0.29, 0.717) is 0 Å². The maximum absolute atomic E-state index is 13.6. The first-order chi connectivity index (χ1) is 12.2. The Bertz CT molecular complexity index is 1020. The van der Waals surface area contributed by atoms with E-state index in [-0.39, 0.29) is 5.82 Å². The van der Waals surface area contributed by atoms with Crippen molar-refractivity contribution in [1.82, 2.24) is 14.9 Å². The molecule has 0 radical (unpaired) electrons. The summed E-state index contributed by atoms with van der Waals surface area (Å²) < 4.78 is 13.6. The van der Waals surface area contributed by atoms with Gasteiger partial charge in [0.25, 0.3) is 0 Å². The summed E-state index contributed by atoms with van der Waals surface area (Å²) in [6.45, 7) is 4.64. The van der Waals surface area contributed by atoms with Crippen LogP contribution in [0.3, 0.4) is 0 Å². The minimum Gasteiger partial charge on any atom is -0.361 e. The second-order valence-electron chi connectivity index (χ2n) is 6.34. The standard InChI is InChI=1S/C21H20FN3/c1-2-25(13-15-9-16-5-3-4-6-20(16)23-11-15)14-17-12-24-21-8-7-18(22)10-19(17)21/h3-12,24H,2,13-14H2,1H3. The summed E-state index contributed by atoms with van der Waals surface area (Å²) in [5.74, 6) is -0.199. The lowest BCUT2D eigenvalue weighted by Gasteiger charge is -2.20. The summed E-state index contributed by atoms with van der Waals surface area (Å²) in [4.78, 5) is 10.1. The molecule has 0 aliphatic heterocycles. The zero-order valence-corrected chi connectivity index (χ0v) is 14.2. The van der Waals surface area contributed by atoms with Crippen LogP contribution in [-0.4, -0.2) is 21.4 Å². The summed E-state index contributed by atoms with van der Waals surface area (Å²) in [6.07, 6.45) is 3.92. The number of pyridine rings is 1. The second-order valence-corrected chi connectivity index (χ2v) is 6.34. The van der Waals surface area contributed by atoms with Crippen LogP contribution in [0.4, 0.5) is 4.39 Å². The summed E-state index contributed by atoms with van der Waals surface area (Å²) in [5, 5.41) is 2.11. The lowest BCUT2D eigenvalue weighted by molar-refractivity contribution is 0.272. The third kappa shape index (κ3) is 3.26. The number of halogens is 1. The van der Waals surface area contributed by atoms with Crippen molar-refractivity contribution in [3.05, 3.63) is 77.9 Å². The van der Waals surface area contributed by atoms with Crippen molar-refractivity contribution in [1.29, 1.82) is 0 Å². The van der Waals surface area contributed by atoms with Crippen LogP contribution in [0.25, 0.3) is 21.8 Å². The smallest absolute Gasteiger partial charge is 0.123 e. The van der Waals surface area contributed by atoms with Crippen molar-refractivity contribution >= 4 is 21.8 Å². The number of nitrogens with one attached hydrogen (secondary N) is 1. The molecule has 126 valence electrons. The highest BCUT2D eigenvalue weighted by atomic mass is 19.1. The van der Waals surface area contributed by atoms with Crippen molar-refractivity contribution in [2.24, 2.45) is 0 Å². The molecule has 0 aliphatic rings. The molecular formula is C21H20FN3. The molecule has 1 N–H and O–H groups in total. The van der Waals surface area contributed by atoms with E-state index in [4.69, 9.17) is 0 Å². The van der Waals surface area contributed by atoms with Crippen LogP contribution in [0, 0.1) is 5.82 Å². The monoisotopic (exact) mass is 333 g/mol. The van der Waals surface area contributed by atoms with Crippen LogP contribution in [0.2, 0.25) is 0 Å². The van der Waals surface area contributed by atoms with Crippen molar-refractivity contribution in [3.8, 4) is 0 Å². The molecule has 4 heteroatoms. The largest absolute Gasteiger partial charge is 0.361 e. The summed E-state index contributed by atoms with van der Waals surface area (Å²) in [6, 6.07) is 15.2. The van der Waals surface area contributed by atoms with E-state index in [1.807, 2.05) is 30.6 Å². The molecule has 4 aromatic rings. The number of benzene rings is 2. The van der Waals surface area contributed by atoms with E-state index in [1.54, 1.807) is 12.1 Å². The number of para-hydroxylation sites is 1. The van der Waals surface area contributed by atoms with Gasteiger partial charge in [0.2, 0.25) is 0 Å². The maximum atomic E-state index is 13.6. The van der Waals surface area contributed by atoms with Crippen molar-refractivity contribution in [3.63, 3.8) is 0 Å². The molecule has 0 saturated heterocycles. The van der Waals surface area contributed by atoms with Gasteiger partial charge >= 0.3 is 0 Å². The van der Waals surface area contributed by atoms with E-state index in [2.05, 4.69) is 33.9 Å². The summed E-state index contributed by atoms with van der Waals surface area (Å²) in [7, 11) is 0. The van der Waals surface area contributed by atoms with E-state index in [9.17, 15) is 4.39 Å². The molecule has 0 fully saturated rings. The van der Waals surface area contributed by atoms with Crippen molar-refractivity contribution in [2.45, 2.75) is 20.0 Å². The fraction of sp³-hybridized carbons (Fsp3) is 0.190. The fourth-order valence-electron chi connectivity index (χ4n) is 3.26. The first-order valence-corrected chi connectivity index (χ1v) is 8.54. The Labute approximate surface area is 146 Å². The average Bonchev–Trinajstić information content (AvgIpc) is 3.03. The highest BCUT2D eigenvalue weighted by molar-refractivity contribution is 5.83. The van der Waals surface area contributed by atoms with Crippen LogP contribution < -0.4 is 0 Å². The minimum atomic E-state index is -0.199. The zero-order chi connectivity index (χ0) is 17.2. The van der Waals surface area contributed by atoms with Gasteiger partial charge in [-0.3, -0.25) is 9.88 Å². The number of nitrogens with zero attached hydrogens (tertiary/aromatic N) is 2. The Balaban J connectivity index is 1.57. The van der Waals surface area contributed by atoms with Gasteiger partial charge < -0.3 is 4.98 Å². The summed E-state index contributed by atoms with van der Waals surface area (Å²) >= 11 is 0. The number of hydrogen-bond donors (Lipinski definition) is 1. The molecule has 2 heterocycles. The molecular weight excluding hydrogens is 313 g/mol. The van der Waals surface area contributed by atoms with Crippen molar-refractivity contribution < 1.29 is 4.39 Å². The molecule has 3 nitrogen and oxygen atoms in total. The van der Waals surface area contributed by atoms with Gasteiger partial charge in [-0.25, -0.2) is 4.39 Å². The van der Waals surface area contributed by atoms with Gasteiger partial charge in [0.1, 0.15) is 5.82 Å². The Kier molecular flexibility index (Phi) is 4.20. The normalized spacial score (nSPS) is 11.6. The van der Waals surface area contributed by atoms with Gasteiger partial charge in [-0.1, -0.05) is 25.1 Å². The molecule has 0 amide bonds. The molecule has 2 aromatic heterocycles. The summed E-state index contributed by atoms with van der Waals surface area (Å²) in [5.41, 5.74) is 4.29. The molecule has 0 bridgehead atoms. The number of H-pyrrole nitrogens is 1. The van der Waals surface area contributed by atoms with Gasteiger partial charge in [-0.2, -0.15) is 0 Å². The predicted molar refractivity (Wildman–Crippen MR) is 99.8 cm³/mol. The number of hydrogen-bond acceptors (Lipinski definition) is 2. The van der Waals surface area contributed by atoms with Crippen LogP contribution in [0.15, 0.2) is 60.9 Å². The first-order valence-electron chi connectivity index (χ1n) is 8.54. The Morgan fingerprint density at radius 1 is 1.08 bits per heavy atom. The number of fused-ring (bicyclic) bond motifs is 2. The first kappa shape index (κ1) is 15.8. The van der Waals surface area contributed by atoms with Crippen LogP contribution in [0.5, 0.6) is 0 Å². The molecule has 4 rings (SSSR count). The van der Waals surface area contributed by atoms with Crippen LogP contribution in [-0.2, 0) is 13.1 Å². The van der Waals surface area contributed by atoms with Gasteiger partial charge in [0, 0.05) is 41.8 Å². The quantitative estimate of drug-likeness (QED) is 0.564. The Morgan fingerprint density at radius 3 is 2.84 bits per heavy atom. The zero-order valence-electron chi connectivity index (χ0n) is 14.2. The van der Waals surface area contributed by atoms with E-state index in [1.165, 1.54) is 11.6 Å². The molecule has 25 heavy (non-hydrogen) atoms. The lowest BCUT2D eigenvalue weighted by atomic mass is 10.1. The van der Waals surface area contributed by atoms with E-state index < -0.39 is 0 Å². The number of aromatic nitrogens is 2. The van der Waals surface area contributed by atoms with Crippen LogP contribution >= 0.6 is 0 Å². The van der Waals surface area contributed by atoms with Gasteiger partial charge in [-0.05, 0) is 48.0 Å². The molecule has 0 atom stereocenters. The molecule has 0 saturated carbocycles. The fourth-order valence-corrected chi connectivity index (χ4v) is 3.26. The topological polar surface area (TPSA) is 31.9 Å². The van der Waals surface area contributed by atoms with Crippen LogP contribution in [0.1, 0.15) is 18.1 Å². The van der Waals surface area contributed by atoms with Gasteiger partial charge in [0.15, 0.2) is 0 Å². The van der Waals surface area contributed by atoms with Crippen molar-refractivity contribution in [2.75, 3.05) is 6.54 Å². The number of rotatable bonds is 5. The Morgan fingerprint density at radius 2 is 1.96 bits per heavy atom. The minimum absolute atomic E-state index is 0.199.